The number of hydrogen-bond acceptors (Lipinski definition) is 2. The summed E-state index contributed by atoms with van der Waals surface area (Å²) in [5.41, 5.74) is 0.998. The number of aryl methyl sites for hydroxylation is 1. The van der Waals surface area contributed by atoms with Gasteiger partial charge < -0.3 is 0 Å². The molecule has 0 radical (unpaired) electrons. The van der Waals surface area contributed by atoms with Crippen LogP contribution in [0.4, 0.5) is 0 Å². The Labute approximate surface area is 120 Å². The Hall–Kier alpha value is -0.830. The summed E-state index contributed by atoms with van der Waals surface area (Å²) in [6, 6.07) is 0. The molecule has 2 rings (SSSR count). The number of aromatic nitrogens is 2. The summed E-state index contributed by atoms with van der Waals surface area (Å²) in [4.78, 5) is 12.6. The molecule has 1 aliphatic rings. The number of hydrogen-bond donors (Lipinski definition) is 0. The molecule has 0 saturated heterocycles. The maximum atomic E-state index is 12.6. The number of nitrogens with zero attached hydrogens (tertiary/aromatic N) is 2. The SMILES string of the molecule is CCCn1ncc(Cl)c1C(=O)C1CCC(C)(C)CC1. The number of carbonyl (C=O) groups is 1. The first kappa shape index (κ1) is 14.6. The number of halogens is 1. The van der Waals surface area contributed by atoms with Gasteiger partial charge in [-0.2, -0.15) is 5.10 Å². The van der Waals surface area contributed by atoms with Crippen LogP contribution < -0.4 is 0 Å². The zero-order chi connectivity index (χ0) is 14.0. The van der Waals surface area contributed by atoms with Crippen LogP contribution in [0.15, 0.2) is 6.20 Å². The predicted molar refractivity (Wildman–Crippen MR) is 77.6 cm³/mol. The molecule has 0 aromatic carbocycles. The third-order valence-corrected chi connectivity index (χ3v) is 4.45. The van der Waals surface area contributed by atoms with Crippen LogP contribution in [-0.2, 0) is 6.54 Å². The molecule has 0 atom stereocenters. The van der Waals surface area contributed by atoms with E-state index in [-0.39, 0.29) is 11.7 Å². The maximum Gasteiger partial charge on any atom is 0.185 e. The van der Waals surface area contributed by atoms with E-state index in [2.05, 4.69) is 25.9 Å². The van der Waals surface area contributed by atoms with Crippen molar-refractivity contribution >= 4 is 17.4 Å². The van der Waals surface area contributed by atoms with Crippen LogP contribution in [0.3, 0.4) is 0 Å². The molecule has 1 aliphatic carbocycles. The maximum absolute atomic E-state index is 12.6. The second kappa shape index (κ2) is 5.66. The van der Waals surface area contributed by atoms with Gasteiger partial charge in [0.25, 0.3) is 0 Å². The molecule has 1 fully saturated rings. The van der Waals surface area contributed by atoms with Crippen LogP contribution in [0.1, 0.15) is 63.4 Å². The largest absolute Gasteiger partial charge is 0.292 e. The van der Waals surface area contributed by atoms with E-state index in [1.165, 1.54) is 0 Å². The van der Waals surface area contributed by atoms with Gasteiger partial charge in [-0.1, -0.05) is 32.4 Å². The minimum atomic E-state index is 0.123. The first-order chi connectivity index (χ1) is 8.94. The fourth-order valence-electron chi connectivity index (χ4n) is 2.84. The molecule has 0 aliphatic heterocycles. The quantitative estimate of drug-likeness (QED) is 0.770. The summed E-state index contributed by atoms with van der Waals surface area (Å²) >= 11 is 6.15. The van der Waals surface area contributed by atoms with Gasteiger partial charge in [-0.05, 0) is 37.5 Å². The average molecular weight is 283 g/mol. The van der Waals surface area contributed by atoms with Crippen molar-refractivity contribution in [2.75, 3.05) is 0 Å². The van der Waals surface area contributed by atoms with E-state index in [0.717, 1.165) is 38.6 Å². The van der Waals surface area contributed by atoms with Gasteiger partial charge in [-0.3, -0.25) is 9.48 Å². The van der Waals surface area contributed by atoms with Crippen LogP contribution in [0, 0.1) is 11.3 Å². The van der Waals surface area contributed by atoms with Gasteiger partial charge in [0, 0.05) is 12.5 Å². The van der Waals surface area contributed by atoms with E-state index in [1.807, 2.05) is 0 Å². The van der Waals surface area contributed by atoms with E-state index in [9.17, 15) is 4.79 Å². The van der Waals surface area contributed by atoms with E-state index in [0.29, 0.717) is 16.1 Å². The molecule has 106 valence electrons. The molecular formula is C15H23ClN2O. The number of Topliss-reactive ketones (excluding diaryl/α,β-unsaturated/α-hetero) is 1. The minimum absolute atomic E-state index is 0.123. The number of ketones is 1. The van der Waals surface area contributed by atoms with Gasteiger partial charge >= 0.3 is 0 Å². The molecule has 0 amide bonds. The fraction of sp³-hybridized carbons (Fsp3) is 0.733. The van der Waals surface area contributed by atoms with E-state index in [1.54, 1.807) is 10.9 Å². The highest BCUT2D eigenvalue weighted by Crippen LogP contribution is 2.39. The zero-order valence-electron chi connectivity index (χ0n) is 12.1. The fourth-order valence-corrected chi connectivity index (χ4v) is 3.08. The zero-order valence-corrected chi connectivity index (χ0v) is 12.8. The van der Waals surface area contributed by atoms with E-state index >= 15 is 0 Å². The second-order valence-electron chi connectivity index (χ2n) is 6.37. The minimum Gasteiger partial charge on any atom is -0.292 e. The lowest BCUT2D eigenvalue weighted by Gasteiger charge is -2.33. The summed E-state index contributed by atoms with van der Waals surface area (Å²) in [5.74, 6) is 0.310. The highest BCUT2D eigenvalue weighted by Gasteiger charge is 2.33. The average Bonchev–Trinajstić information content (AvgIpc) is 2.70. The van der Waals surface area contributed by atoms with Gasteiger partial charge in [0.15, 0.2) is 5.78 Å². The lowest BCUT2D eigenvalue weighted by molar-refractivity contribution is 0.0826. The first-order valence-corrected chi connectivity index (χ1v) is 7.58. The van der Waals surface area contributed by atoms with Gasteiger partial charge in [-0.25, -0.2) is 0 Å². The van der Waals surface area contributed by atoms with Crippen LogP contribution in [0.2, 0.25) is 5.02 Å². The summed E-state index contributed by atoms with van der Waals surface area (Å²) in [6.07, 6.45) is 6.72. The summed E-state index contributed by atoms with van der Waals surface area (Å²) in [7, 11) is 0. The van der Waals surface area contributed by atoms with Crippen molar-refractivity contribution in [3.8, 4) is 0 Å². The van der Waals surface area contributed by atoms with E-state index in [4.69, 9.17) is 11.6 Å². The monoisotopic (exact) mass is 282 g/mol. The second-order valence-corrected chi connectivity index (χ2v) is 6.77. The molecule has 1 aromatic rings. The smallest absolute Gasteiger partial charge is 0.185 e. The lowest BCUT2D eigenvalue weighted by Crippen LogP contribution is -2.27. The molecule has 0 N–H and O–H groups in total. The van der Waals surface area contributed by atoms with Gasteiger partial charge in [0.1, 0.15) is 5.69 Å². The molecule has 0 spiro atoms. The Kier molecular flexibility index (Phi) is 4.34. The summed E-state index contributed by atoms with van der Waals surface area (Å²) < 4.78 is 1.77. The third kappa shape index (κ3) is 3.19. The van der Waals surface area contributed by atoms with Crippen LogP contribution in [-0.4, -0.2) is 15.6 Å². The molecule has 0 bridgehead atoms. The molecule has 3 nitrogen and oxygen atoms in total. The van der Waals surface area contributed by atoms with Crippen molar-refractivity contribution in [1.82, 2.24) is 9.78 Å². The topological polar surface area (TPSA) is 34.9 Å². The molecule has 19 heavy (non-hydrogen) atoms. The van der Waals surface area contributed by atoms with Crippen molar-refractivity contribution in [1.29, 1.82) is 0 Å². The molecule has 1 heterocycles. The first-order valence-electron chi connectivity index (χ1n) is 7.20. The van der Waals surface area contributed by atoms with Crippen molar-refractivity contribution < 1.29 is 4.79 Å². The van der Waals surface area contributed by atoms with E-state index < -0.39 is 0 Å². The molecule has 0 unspecified atom stereocenters. The van der Waals surface area contributed by atoms with Gasteiger partial charge in [-0.15, -0.1) is 0 Å². The number of carbonyl (C=O) groups excluding carboxylic acids is 1. The predicted octanol–water partition coefficient (Wildman–Crippen LogP) is 4.35. The van der Waals surface area contributed by atoms with Crippen molar-refractivity contribution in [3.63, 3.8) is 0 Å². The highest BCUT2D eigenvalue weighted by molar-refractivity contribution is 6.33. The van der Waals surface area contributed by atoms with Gasteiger partial charge in [0.05, 0.1) is 11.2 Å². The number of rotatable bonds is 4. The van der Waals surface area contributed by atoms with Gasteiger partial charge in [0.2, 0.25) is 0 Å². The summed E-state index contributed by atoms with van der Waals surface area (Å²) in [5, 5.41) is 4.72. The Morgan fingerprint density at radius 2 is 2.11 bits per heavy atom. The summed E-state index contributed by atoms with van der Waals surface area (Å²) in [6.45, 7) is 7.39. The molecule has 1 saturated carbocycles. The van der Waals surface area contributed by atoms with Crippen molar-refractivity contribution in [2.24, 2.45) is 11.3 Å². The Bertz CT molecular complexity index is 455. The Balaban J connectivity index is 2.14. The Morgan fingerprint density at radius 1 is 1.47 bits per heavy atom. The van der Waals surface area contributed by atoms with Crippen LogP contribution >= 0.6 is 11.6 Å². The lowest BCUT2D eigenvalue weighted by atomic mass is 9.71. The standard InChI is InChI=1S/C15H23ClN2O/c1-4-9-18-13(12(16)10-17-18)14(19)11-5-7-15(2,3)8-6-11/h10-11H,4-9H2,1-3H3. The molecule has 4 heteroatoms. The van der Waals surface area contributed by atoms with Crippen LogP contribution in [0.5, 0.6) is 0 Å². The normalized spacial score (nSPS) is 19.6. The third-order valence-electron chi connectivity index (χ3n) is 4.17. The van der Waals surface area contributed by atoms with Crippen molar-refractivity contribution in [2.45, 2.75) is 59.4 Å². The van der Waals surface area contributed by atoms with Crippen molar-refractivity contribution in [3.05, 3.63) is 16.9 Å². The van der Waals surface area contributed by atoms with Crippen LogP contribution in [0.25, 0.3) is 0 Å². The molecule has 1 aromatic heterocycles. The highest BCUT2D eigenvalue weighted by atomic mass is 35.5. The molecular weight excluding hydrogens is 260 g/mol. The Morgan fingerprint density at radius 3 is 2.68 bits per heavy atom.